The number of rotatable bonds is 3. The number of urea groups is 1. The van der Waals surface area contributed by atoms with Crippen molar-refractivity contribution in [3.05, 3.63) is 64.2 Å². The Labute approximate surface area is 176 Å². The third-order valence-corrected chi connectivity index (χ3v) is 4.75. The number of benzene rings is 2. The molecular weight excluding hydrogens is 390 g/mol. The summed E-state index contributed by atoms with van der Waals surface area (Å²) in [7, 11) is 0. The van der Waals surface area contributed by atoms with Crippen LogP contribution >= 0.6 is 11.6 Å². The first-order valence-corrected chi connectivity index (χ1v) is 9.96. The van der Waals surface area contributed by atoms with Crippen LogP contribution in [0.2, 0.25) is 5.02 Å². The van der Waals surface area contributed by atoms with Gasteiger partial charge in [-0.3, -0.25) is 0 Å². The average molecular weight is 416 g/mol. The Kier molecular flexibility index (Phi) is 6.33. The molecule has 0 atom stereocenters. The number of fused-ring (bicyclic) bond motifs is 1. The second kappa shape index (κ2) is 8.74. The summed E-state index contributed by atoms with van der Waals surface area (Å²) in [6.45, 7) is 7.09. The normalized spacial score (nSPS) is 13.4. The Hall–Kier alpha value is -2.73. The first kappa shape index (κ1) is 21.0. The van der Waals surface area contributed by atoms with Gasteiger partial charge in [-0.1, -0.05) is 29.8 Å². The first-order valence-electron chi connectivity index (χ1n) is 9.59. The zero-order valence-corrected chi connectivity index (χ0v) is 17.7. The molecule has 2 aromatic carbocycles. The van der Waals surface area contributed by atoms with Gasteiger partial charge >= 0.3 is 12.1 Å². The predicted octanol–water partition coefficient (Wildman–Crippen LogP) is 4.95. The second-order valence-corrected chi connectivity index (χ2v) is 8.51. The fourth-order valence-electron chi connectivity index (χ4n) is 3.07. The lowest BCUT2D eigenvalue weighted by Crippen LogP contribution is -2.39. The van der Waals surface area contributed by atoms with Crippen LogP contribution in [0.3, 0.4) is 0 Å². The maximum absolute atomic E-state index is 12.3. The molecule has 1 aliphatic heterocycles. The van der Waals surface area contributed by atoms with Crippen molar-refractivity contribution < 1.29 is 14.3 Å². The Morgan fingerprint density at radius 2 is 1.83 bits per heavy atom. The number of nitrogens with one attached hydrogen (secondary N) is 2. The Morgan fingerprint density at radius 1 is 1.10 bits per heavy atom. The number of amides is 3. The Balaban J connectivity index is 1.55. The van der Waals surface area contributed by atoms with Gasteiger partial charge in [0, 0.05) is 30.3 Å². The summed E-state index contributed by atoms with van der Waals surface area (Å²) in [4.78, 5) is 26.2. The minimum atomic E-state index is -0.509. The van der Waals surface area contributed by atoms with Gasteiger partial charge in [0.1, 0.15) is 5.60 Å². The van der Waals surface area contributed by atoms with Gasteiger partial charge in [0.05, 0.1) is 0 Å². The lowest BCUT2D eigenvalue weighted by molar-refractivity contribution is 0.0224. The topological polar surface area (TPSA) is 70.7 Å². The molecule has 29 heavy (non-hydrogen) atoms. The van der Waals surface area contributed by atoms with Crippen LogP contribution < -0.4 is 10.6 Å². The lowest BCUT2D eigenvalue weighted by atomic mass is 9.99. The number of nitrogens with zero attached hydrogens (tertiary/aromatic N) is 1. The molecule has 0 saturated heterocycles. The molecule has 0 aliphatic carbocycles. The molecule has 0 saturated carbocycles. The number of halogens is 1. The van der Waals surface area contributed by atoms with Crippen molar-refractivity contribution in [2.45, 2.75) is 45.9 Å². The molecule has 154 valence electrons. The highest BCUT2D eigenvalue weighted by Crippen LogP contribution is 2.24. The van der Waals surface area contributed by atoms with E-state index in [1.807, 2.05) is 51.1 Å². The van der Waals surface area contributed by atoms with Crippen molar-refractivity contribution in [3.63, 3.8) is 0 Å². The summed E-state index contributed by atoms with van der Waals surface area (Å²) >= 11 is 5.87. The van der Waals surface area contributed by atoms with Gasteiger partial charge in [-0.15, -0.1) is 0 Å². The van der Waals surface area contributed by atoms with Crippen molar-refractivity contribution in [3.8, 4) is 0 Å². The van der Waals surface area contributed by atoms with E-state index >= 15 is 0 Å². The molecule has 3 rings (SSSR count). The van der Waals surface area contributed by atoms with E-state index in [1.54, 1.807) is 17.0 Å². The highest BCUT2D eigenvalue weighted by Gasteiger charge is 2.25. The summed E-state index contributed by atoms with van der Waals surface area (Å²) in [6, 6.07) is 12.8. The van der Waals surface area contributed by atoms with Crippen LogP contribution in [0.1, 0.15) is 37.5 Å². The maximum atomic E-state index is 12.3. The van der Waals surface area contributed by atoms with Gasteiger partial charge in [-0.05, 0) is 68.1 Å². The number of ether oxygens (including phenoxy) is 1. The van der Waals surface area contributed by atoms with Crippen LogP contribution in [0.4, 0.5) is 15.3 Å². The molecule has 0 unspecified atom stereocenters. The summed E-state index contributed by atoms with van der Waals surface area (Å²) in [6.07, 6.45) is 0.420. The van der Waals surface area contributed by atoms with E-state index < -0.39 is 5.60 Å². The monoisotopic (exact) mass is 415 g/mol. The third-order valence-electron chi connectivity index (χ3n) is 4.49. The molecule has 2 aromatic rings. The SMILES string of the molecule is CC(C)(C)OC(=O)N1CCc2cc(NC(=O)NCc3ccc(Cl)cc3)ccc2C1. The van der Waals surface area contributed by atoms with Crippen LogP contribution in [0, 0.1) is 0 Å². The number of hydrogen-bond acceptors (Lipinski definition) is 3. The highest BCUT2D eigenvalue weighted by atomic mass is 35.5. The van der Waals surface area contributed by atoms with Gasteiger partial charge in [0.2, 0.25) is 0 Å². The lowest BCUT2D eigenvalue weighted by Gasteiger charge is -2.31. The molecule has 0 radical (unpaired) electrons. The van der Waals surface area contributed by atoms with Gasteiger partial charge in [0.25, 0.3) is 0 Å². The fourth-order valence-corrected chi connectivity index (χ4v) is 3.20. The zero-order valence-electron chi connectivity index (χ0n) is 16.9. The van der Waals surface area contributed by atoms with Crippen LogP contribution in [0.15, 0.2) is 42.5 Å². The highest BCUT2D eigenvalue weighted by molar-refractivity contribution is 6.30. The van der Waals surface area contributed by atoms with Crippen LogP contribution in [0.25, 0.3) is 0 Å². The van der Waals surface area contributed by atoms with Gasteiger partial charge in [0.15, 0.2) is 0 Å². The second-order valence-electron chi connectivity index (χ2n) is 8.07. The smallest absolute Gasteiger partial charge is 0.410 e. The molecule has 0 aromatic heterocycles. The van der Waals surface area contributed by atoms with Gasteiger partial charge in [-0.2, -0.15) is 0 Å². The summed E-state index contributed by atoms with van der Waals surface area (Å²) in [5.74, 6) is 0. The van der Waals surface area contributed by atoms with Gasteiger partial charge in [-0.25, -0.2) is 9.59 Å². The number of carbonyl (C=O) groups is 2. The minimum absolute atomic E-state index is 0.272. The maximum Gasteiger partial charge on any atom is 0.410 e. The Bertz CT molecular complexity index is 891. The molecule has 0 bridgehead atoms. The van der Waals surface area contributed by atoms with Crippen molar-refractivity contribution in [2.75, 3.05) is 11.9 Å². The Morgan fingerprint density at radius 3 is 2.52 bits per heavy atom. The quantitative estimate of drug-likeness (QED) is 0.744. The molecule has 7 heteroatoms. The molecule has 3 amide bonds. The van der Waals surface area contributed by atoms with Crippen molar-refractivity contribution in [2.24, 2.45) is 0 Å². The fraction of sp³-hybridized carbons (Fsp3) is 0.364. The average Bonchev–Trinajstić information content (AvgIpc) is 2.66. The number of hydrogen-bond donors (Lipinski definition) is 2. The van der Waals surface area contributed by atoms with Crippen molar-refractivity contribution in [1.82, 2.24) is 10.2 Å². The van der Waals surface area contributed by atoms with E-state index in [0.29, 0.717) is 24.7 Å². The van der Waals surface area contributed by atoms with Crippen LogP contribution in [-0.4, -0.2) is 29.2 Å². The number of anilines is 1. The van der Waals surface area contributed by atoms with E-state index in [-0.39, 0.29) is 12.1 Å². The third kappa shape index (κ3) is 6.12. The summed E-state index contributed by atoms with van der Waals surface area (Å²) in [5, 5.41) is 6.35. The standard InChI is InChI=1S/C22H26ClN3O3/c1-22(2,3)29-21(28)26-11-10-16-12-19(9-6-17(16)14-26)25-20(27)24-13-15-4-7-18(23)8-5-15/h4-9,12H,10-11,13-14H2,1-3H3,(H2,24,25,27). The minimum Gasteiger partial charge on any atom is -0.444 e. The molecule has 6 nitrogen and oxygen atoms in total. The molecule has 1 aliphatic rings. The van der Waals surface area contributed by atoms with Crippen molar-refractivity contribution in [1.29, 1.82) is 0 Å². The largest absolute Gasteiger partial charge is 0.444 e. The van der Waals surface area contributed by atoms with E-state index in [0.717, 1.165) is 28.8 Å². The summed E-state index contributed by atoms with van der Waals surface area (Å²) in [5.41, 5.74) is 3.37. The van der Waals surface area contributed by atoms with E-state index in [4.69, 9.17) is 16.3 Å². The molecule has 0 spiro atoms. The van der Waals surface area contributed by atoms with Crippen molar-refractivity contribution >= 4 is 29.4 Å². The van der Waals surface area contributed by atoms with Crippen LogP contribution in [0.5, 0.6) is 0 Å². The van der Waals surface area contributed by atoms with E-state index in [9.17, 15) is 9.59 Å². The zero-order chi connectivity index (χ0) is 21.0. The first-order chi connectivity index (χ1) is 13.7. The summed E-state index contributed by atoms with van der Waals surface area (Å²) < 4.78 is 5.45. The van der Waals surface area contributed by atoms with Gasteiger partial charge < -0.3 is 20.3 Å². The molecule has 2 N–H and O–H groups in total. The van der Waals surface area contributed by atoms with E-state index in [1.165, 1.54) is 0 Å². The number of carbonyl (C=O) groups excluding carboxylic acids is 2. The predicted molar refractivity (Wildman–Crippen MR) is 114 cm³/mol. The van der Waals surface area contributed by atoms with Crippen LogP contribution in [-0.2, 0) is 24.2 Å². The molecule has 1 heterocycles. The molecule has 0 fully saturated rings. The van der Waals surface area contributed by atoms with E-state index in [2.05, 4.69) is 10.6 Å². The molecular formula is C22H26ClN3O3.